The minimum absolute atomic E-state index is 0.00967. The smallest absolute Gasteiger partial charge is 0.359 e. The Morgan fingerprint density at radius 3 is 2.76 bits per heavy atom. The zero-order valence-corrected chi connectivity index (χ0v) is 16.6. The number of carbonyl (C=O) groups is 3. The van der Waals surface area contributed by atoms with E-state index in [2.05, 4.69) is 15.3 Å². The SMILES string of the molecule is CSc1ncc(Cl)c(C(=O)OCC(=O)NC(=O)Nc2ccc3c(c2)OCCO3)n1. The highest BCUT2D eigenvalue weighted by atomic mass is 35.5. The Hall–Kier alpha value is -3.05. The van der Waals surface area contributed by atoms with Gasteiger partial charge in [0, 0.05) is 11.8 Å². The number of urea groups is 1. The molecule has 2 heterocycles. The molecule has 10 nitrogen and oxygen atoms in total. The standard InChI is InChI=1S/C17H15ClN4O6S/c1-29-17-19-7-10(18)14(22-17)15(24)28-8-13(23)21-16(25)20-9-2-3-11-12(6-9)27-5-4-26-11/h2-3,6-7H,4-5,8H2,1H3,(H2,20,21,23,25). The molecule has 0 spiro atoms. The highest BCUT2D eigenvalue weighted by molar-refractivity contribution is 7.98. The molecule has 29 heavy (non-hydrogen) atoms. The number of imide groups is 1. The molecule has 0 radical (unpaired) electrons. The first-order chi connectivity index (χ1) is 14.0. The van der Waals surface area contributed by atoms with E-state index < -0.39 is 24.5 Å². The summed E-state index contributed by atoms with van der Waals surface area (Å²) < 4.78 is 15.6. The fourth-order valence-corrected chi connectivity index (χ4v) is 2.75. The Kier molecular flexibility index (Phi) is 6.73. The Bertz CT molecular complexity index is 958. The summed E-state index contributed by atoms with van der Waals surface area (Å²) in [7, 11) is 0. The van der Waals surface area contributed by atoms with E-state index in [0.29, 0.717) is 35.6 Å². The third-order valence-electron chi connectivity index (χ3n) is 3.49. The molecule has 2 aromatic rings. The van der Waals surface area contributed by atoms with Gasteiger partial charge in [-0.15, -0.1) is 0 Å². The Labute approximate surface area is 174 Å². The van der Waals surface area contributed by atoms with Crippen LogP contribution in [0.25, 0.3) is 0 Å². The maximum Gasteiger partial charge on any atom is 0.359 e. The van der Waals surface area contributed by atoms with E-state index in [9.17, 15) is 14.4 Å². The number of rotatable bonds is 5. The Morgan fingerprint density at radius 1 is 1.24 bits per heavy atom. The molecule has 1 aromatic carbocycles. The van der Waals surface area contributed by atoms with Gasteiger partial charge in [-0.25, -0.2) is 19.6 Å². The summed E-state index contributed by atoms with van der Waals surface area (Å²) in [6, 6.07) is 4.01. The molecule has 3 amide bonds. The van der Waals surface area contributed by atoms with Crippen LogP contribution in [0.4, 0.5) is 10.5 Å². The van der Waals surface area contributed by atoms with Crippen LogP contribution in [0.1, 0.15) is 10.5 Å². The summed E-state index contributed by atoms with van der Waals surface area (Å²) in [5.41, 5.74) is 0.230. The average Bonchev–Trinajstić information content (AvgIpc) is 2.72. The zero-order valence-electron chi connectivity index (χ0n) is 15.1. The molecule has 1 aromatic heterocycles. The molecule has 0 atom stereocenters. The average molecular weight is 439 g/mol. The predicted octanol–water partition coefficient (Wildman–Crippen LogP) is 2.13. The highest BCUT2D eigenvalue weighted by Crippen LogP contribution is 2.32. The summed E-state index contributed by atoms with van der Waals surface area (Å²) in [6.07, 6.45) is 2.99. The van der Waals surface area contributed by atoms with Crippen molar-refractivity contribution in [1.82, 2.24) is 15.3 Å². The summed E-state index contributed by atoms with van der Waals surface area (Å²) in [5, 5.41) is 4.83. The quantitative estimate of drug-likeness (QED) is 0.409. The van der Waals surface area contributed by atoms with Gasteiger partial charge in [0.2, 0.25) is 0 Å². The van der Waals surface area contributed by atoms with Crippen molar-refractivity contribution in [3.8, 4) is 11.5 Å². The molecule has 0 unspecified atom stereocenters. The number of thioether (sulfide) groups is 1. The monoisotopic (exact) mass is 438 g/mol. The molecule has 0 saturated carbocycles. The number of hydrogen-bond donors (Lipinski definition) is 2. The van der Waals surface area contributed by atoms with Crippen molar-refractivity contribution in [3.63, 3.8) is 0 Å². The molecule has 3 rings (SSSR count). The number of ether oxygens (including phenoxy) is 3. The first-order valence-corrected chi connectivity index (χ1v) is 9.80. The van der Waals surface area contributed by atoms with Crippen LogP contribution >= 0.6 is 23.4 Å². The number of amides is 3. The van der Waals surface area contributed by atoms with Gasteiger partial charge in [-0.1, -0.05) is 23.4 Å². The minimum Gasteiger partial charge on any atom is -0.486 e. The number of carbonyl (C=O) groups excluding carboxylic acids is 3. The molecule has 152 valence electrons. The van der Waals surface area contributed by atoms with Crippen molar-refractivity contribution in [1.29, 1.82) is 0 Å². The summed E-state index contributed by atoms with van der Waals surface area (Å²) in [6.45, 7) is 0.163. The first-order valence-electron chi connectivity index (χ1n) is 8.20. The maximum absolute atomic E-state index is 12.0. The van der Waals surface area contributed by atoms with Gasteiger partial charge in [0.25, 0.3) is 5.91 Å². The number of anilines is 1. The van der Waals surface area contributed by atoms with E-state index in [4.69, 9.17) is 25.8 Å². The second kappa shape index (κ2) is 9.43. The highest BCUT2D eigenvalue weighted by Gasteiger charge is 2.18. The van der Waals surface area contributed by atoms with Crippen LogP contribution in [0.15, 0.2) is 29.6 Å². The van der Waals surface area contributed by atoms with Crippen molar-refractivity contribution >= 4 is 47.0 Å². The Balaban J connectivity index is 1.50. The van der Waals surface area contributed by atoms with Crippen LogP contribution in [0, 0.1) is 0 Å². The molecule has 12 heteroatoms. The van der Waals surface area contributed by atoms with Crippen LogP contribution in [-0.4, -0.2) is 54.0 Å². The molecular formula is C17H15ClN4O6S. The number of benzene rings is 1. The second-order valence-corrected chi connectivity index (χ2v) is 6.67. The van der Waals surface area contributed by atoms with Crippen LogP contribution < -0.4 is 20.1 Å². The zero-order chi connectivity index (χ0) is 20.8. The van der Waals surface area contributed by atoms with Crippen molar-refractivity contribution in [3.05, 3.63) is 35.1 Å². The van der Waals surface area contributed by atoms with Gasteiger partial charge in [-0.05, 0) is 18.4 Å². The lowest BCUT2D eigenvalue weighted by Crippen LogP contribution is -2.37. The van der Waals surface area contributed by atoms with Crippen molar-refractivity contribution in [2.45, 2.75) is 5.16 Å². The van der Waals surface area contributed by atoms with E-state index in [1.54, 1.807) is 24.5 Å². The molecular weight excluding hydrogens is 424 g/mol. The lowest BCUT2D eigenvalue weighted by atomic mass is 10.2. The van der Waals surface area contributed by atoms with Crippen molar-refractivity contribution in [2.75, 3.05) is 31.4 Å². The van der Waals surface area contributed by atoms with E-state index in [1.165, 1.54) is 18.0 Å². The van der Waals surface area contributed by atoms with Gasteiger partial charge < -0.3 is 19.5 Å². The van der Waals surface area contributed by atoms with Gasteiger partial charge in [0.15, 0.2) is 29.0 Å². The van der Waals surface area contributed by atoms with Gasteiger partial charge >= 0.3 is 12.0 Å². The van der Waals surface area contributed by atoms with Gasteiger partial charge in [0.05, 0.1) is 11.2 Å². The molecule has 0 fully saturated rings. The lowest BCUT2D eigenvalue weighted by molar-refractivity contribution is -0.123. The van der Waals surface area contributed by atoms with E-state index in [-0.39, 0.29) is 10.7 Å². The fraction of sp³-hybridized carbons (Fsp3) is 0.235. The molecule has 0 bridgehead atoms. The third-order valence-corrected chi connectivity index (χ3v) is 4.32. The lowest BCUT2D eigenvalue weighted by Gasteiger charge is -2.19. The largest absolute Gasteiger partial charge is 0.486 e. The molecule has 0 saturated heterocycles. The minimum atomic E-state index is -0.907. The second-order valence-electron chi connectivity index (χ2n) is 5.49. The number of esters is 1. The maximum atomic E-state index is 12.0. The molecule has 0 aliphatic carbocycles. The third kappa shape index (κ3) is 5.48. The van der Waals surface area contributed by atoms with E-state index in [1.807, 2.05) is 5.32 Å². The molecule has 2 N–H and O–H groups in total. The summed E-state index contributed by atoms with van der Waals surface area (Å²) >= 11 is 7.08. The Morgan fingerprint density at radius 2 is 2.00 bits per heavy atom. The molecule has 1 aliphatic rings. The van der Waals surface area contributed by atoms with Crippen LogP contribution in [0.3, 0.4) is 0 Å². The van der Waals surface area contributed by atoms with Gasteiger partial charge in [-0.3, -0.25) is 10.1 Å². The number of nitrogens with zero attached hydrogens (tertiary/aromatic N) is 2. The van der Waals surface area contributed by atoms with E-state index >= 15 is 0 Å². The normalized spacial score (nSPS) is 12.1. The topological polar surface area (TPSA) is 129 Å². The van der Waals surface area contributed by atoms with Crippen molar-refractivity contribution in [2.24, 2.45) is 0 Å². The van der Waals surface area contributed by atoms with Crippen LogP contribution in [0.5, 0.6) is 11.5 Å². The number of nitrogens with one attached hydrogen (secondary N) is 2. The molecule has 1 aliphatic heterocycles. The summed E-state index contributed by atoms with van der Waals surface area (Å²) in [5.74, 6) is -0.683. The van der Waals surface area contributed by atoms with Crippen LogP contribution in [0.2, 0.25) is 5.02 Å². The number of halogens is 1. The summed E-state index contributed by atoms with van der Waals surface area (Å²) in [4.78, 5) is 43.7. The number of aromatic nitrogens is 2. The van der Waals surface area contributed by atoms with Crippen LogP contribution in [-0.2, 0) is 9.53 Å². The first kappa shape index (κ1) is 20.7. The van der Waals surface area contributed by atoms with Crippen molar-refractivity contribution < 1.29 is 28.6 Å². The van der Waals surface area contributed by atoms with Gasteiger partial charge in [0.1, 0.15) is 13.2 Å². The van der Waals surface area contributed by atoms with Gasteiger partial charge in [-0.2, -0.15) is 0 Å². The predicted molar refractivity (Wildman–Crippen MR) is 104 cm³/mol. The fourth-order valence-electron chi connectivity index (χ4n) is 2.24. The van der Waals surface area contributed by atoms with E-state index in [0.717, 1.165) is 0 Å². The number of hydrogen-bond acceptors (Lipinski definition) is 9. The number of fused-ring (bicyclic) bond motifs is 1.